The SMILES string of the molecule is Cc1c(CNCCN(C)C)cnn1C(C)C.Cl.Cl. The van der Waals surface area contributed by atoms with Crippen LogP contribution in [0.3, 0.4) is 0 Å². The molecule has 0 aliphatic carbocycles. The minimum absolute atomic E-state index is 0. The van der Waals surface area contributed by atoms with Crippen LogP contribution in [0.4, 0.5) is 0 Å². The van der Waals surface area contributed by atoms with Gasteiger partial charge in [-0.1, -0.05) is 0 Å². The van der Waals surface area contributed by atoms with Crippen molar-refractivity contribution in [2.24, 2.45) is 0 Å². The maximum Gasteiger partial charge on any atom is 0.0537 e. The van der Waals surface area contributed by atoms with Gasteiger partial charge in [-0.15, -0.1) is 24.8 Å². The van der Waals surface area contributed by atoms with Gasteiger partial charge < -0.3 is 10.2 Å². The normalized spacial score (nSPS) is 10.4. The van der Waals surface area contributed by atoms with E-state index in [1.807, 2.05) is 6.20 Å². The van der Waals surface area contributed by atoms with Crippen LogP contribution in [0.25, 0.3) is 0 Å². The van der Waals surface area contributed by atoms with E-state index in [0.29, 0.717) is 6.04 Å². The molecule has 108 valence electrons. The topological polar surface area (TPSA) is 33.1 Å². The van der Waals surface area contributed by atoms with E-state index in [4.69, 9.17) is 0 Å². The summed E-state index contributed by atoms with van der Waals surface area (Å²) >= 11 is 0. The Hall–Kier alpha value is -0.290. The van der Waals surface area contributed by atoms with E-state index in [1.165, 1.54) is 11.3 Å². The molecule has 1 rings (SSSR count). The van der Waals surface area contributed by atoms with Crippen LogP contribution >= 0.6 is 24.8 Å². The van der Waals surface area contributed by atoms with Gasteiger partial charge in [0.25, 0.3) is 0 Å². The van der Waals surface area contributed by atoms with Crippen LogP contribution in [0.1, 0.15) is 31.1 Å². The van der Waals surface area contributed by atoms with Gasteiger partial charge >= 0.3 is 0 Å². The Labute approximate surface area is 123 Å². The zero-order valence-corrected chi connectivity index (χ0v) is 13.6. The highest BCUT2D eigenvalue weighted by molar-refractivity contribution is 5.85. The third kappa shape index (κ3) is 6.05. The summed E-state index contributed by atoms with van der Waals surface area (Å²) in [4.78, 5) is 2.18. The Bertz CT molecular complexity index is 324. The summed E-state index contributed by atoms with van der Waals surface area (Å²) in [6.45, 7) is 9.44. The second kappa shape index (κ2) is 9.62. The molecular formula is C12H26Cl2N4. The molecule has 0 atom stereocenters. The molecule has 0 aliphatic rings. The molecule has 4 nitrogen and oxygen atoms in total. The van der Waals surface area contributed by atoms with E-state index in [-0.39, 0.29) is 24.8 Å². The molecule has 0 saturated heterocycles. The molecule has 1 aromatic heterocycles. The van der Waals surface area contributed by atoms with Crippen LogP contribution in [-0.2, 0) is 6.54 Å². The number of hydrogen-bond donors (Lipinski definition) is 1. The second-order valence-corrected chi connectivity index (χ2v) is 4.77. The summed E-state index contributed by atoms with van der Waals surface area (Å²) < 4.78 is 2.07. The summed E-state index contributed by atoms with van der Waals surface area (Å²) in [7, 11) is 4.17. The molecule has 0 aromatic carbocycles. The zero-order chi connectivity index (χ0) is 12.1. The van der Waals surface area contributed by atoms with Crippen LogP contribution in [0.2, 0.25) is 0 Å². The van der Waals surface area contributed by atoms with Crippen LogP contribution < -0.4 is 5.32 Å². The fourth-order valence-electron chi connectivity index (χ4n) is 1.68. The summed E-state index contributed by atoms with van der Waals surface area (Å²) in [6, 6.07) is 0.440. The van der Waals surface area contributed by atoms with Crippen molar-refractivity contribution in [2.75, 3.05) is 27.2 Å². The third-order valence-corrected chi connectivity index (χ3v) is 2.69. The van der Waals surface area contributed by atoms with Gasteiger partial charge in [-0.3, -0.25) is 4.68 Å². The first-order valence-corrected chi connectivity index (χ1v) is 5.90. The largest absolute Gasteiger partial charge is 0.311 e. The van der Waals surface area contributed by atoms with Crippen molar-refractivity contribution in [3.8, 4) is 0 Å². The highest BCUT2D eigenvalue weighted by Gasteiger charge is 2.07. The Morgan fingerprint density at radius 2 is 1.94 bits per heavy atom. The van der Waals surface area contributed by atoms with Crippen molar-refractivity contribution in [3.05, 3.63) is 17.5 Å². The molecule has 0 fully saturated rings. The number of likely N-dealkylation sites (N-methyl/N-ethyl adjacent to an activating group) is 1. The molecule has 0 spiro atoms. The minimum Gasteiger partial charge on any atom is -0.311 e. The lowest BCUT2D eigenvalue weighted by Crippen LogP contribution is -2.26. The van der Waals surface area contributed by atoms with Gasteiger partial charge in [0.1, 0.15) is 0 Å². The monoisotopic (exact) mass is 296 g/mol. The average Bonchev–Trinajstić information content (AvgIpc) is 2.54. The molecule has 1 N–H and O–H groups in total. The standard InChI is InChI=1S/C12H24N4.2ClH/c1-10(2)16-11(3)12(9-14-16)8-13-6-7-15(4)5;;/h9-10,13H,6-8H2,1-5H3;2*1H. The Kier molecular flexibility index (Phi) is 10.7. The lowest BCUT2D eigenvalue weighted by atomic mass is 10.2. The lowest BCUT2D eigenvalue weighted by Gasteiger charge is -2.11. The van der Waals surface area contributed by atoms with Gasteiger partial charge in [0, 0.05) is 36.9 Å². The van der Waals surface area contributed by atoms with Gasteiger partial charge in [0.05, 0.1) is 6.20 Å². The molecule has 0 aliphatic heterocycles. The summed E-state index contributed by atoms with van der Waals surface area (Å²) in [5, 5.41) is 7.83. The molecule has 18 heavy (non-hydrogen) atoms. The third-order valence-electron chi connectivity index (χ3n) is 2.69. The van der Waals surface area contributed by atoms with Crippen LogP contribution in [0.15, 0.2) is 6.20 Å². The van der Waals surface area contributed by atoms with E-state index in [0.717, 1.165) is 19.6 Å². The van der Waals surface area contributed by atoms with Gasteiger partial charge in [-0.2, -0.15) is 5.10 Å². The number of nitrogens with one attached hydrogen (secondary N) is 1. The van der Waals surface area contributed by atoms with Crippen molar-refractivity contribution in [1.29, 1.82) is 0 Å². The minimum atomic E-state index is 0. The van der Waals surface area contributed by atoms with E-state index >= 15 is 0 Å². The molecular weight excluding hydrogens is 271 g/mol. The highest BCUT2D eigenvalue weighted by Crippen LogP contribution is 2.12. The van der Waals surface area contributed by atoms with Crippen molar-refractivity contribution >= 4 is 24.8 Å². The first-order chi connectivity index (χ1) is 7.52. The van der Waals surface area contributed by atoms with Crippen molar-refractivity contribution in [2.45, 2.75) is 33.4 Å². The quantitative estimate of drug-likeness (QED) is 0.818. The van der Waals surface area contributed by atoms with E-state index in [1.54, 1.807) is 0 Å². The summed E-state index contributed by atoms with van der Waals surface area (Å²) in [6.07, 6.45) is 1.97. The highest BCUT2D eigenvalue weighted by atomic mass is 35.5. The zero-order valence-electron chi connectivity index (χ0n) is 11.9. The van der Waals surface area contributed by atoms with Crippen molar-refractivity contribution < 1.29 is 0 Å². The Morgan fingerprint density at radius 3 is 2.39 bits per heavy atom. The number of rotatable bonds is 6. The molecule has 1 aromatic rings. The number of halogens is 2. The van der Waals surface area contributed by atoms with Gasteiger partial charge in [0.15, 0.2) is 0 Å². The molecule has 0 amide bonds. The van der Waals surface area contributed by atoms with E-state index in [2.05, 4.69) is 54.9 Å². The van der Waals surface area contributed by atoms with Crippen LogP contribution in [0, 0.1) is 6.92 Å². The fourth-order valence-corrected chi connectivity index (χ4v) is 1.68. The first kappa shape index (κ1) is 20.0. The number of aromatic nitrogens is 2. The molecule has 0 unspecified atom stereocenters. The molecule has 6 heteroatoms. The summed E-state index contributed by atoms with van der Waals surface area (Å²) in [5.74, 6) is 0. The molecule has 1 heterocycles. The predicted molar refractivity (Wildman–Crippen MR) is 82.1 cm³/mol. The van der Waals surface area contributed by atoms with Crippen molar-refractivity contribution in [1.82, 2.24) is 20.0 Å². The first-order valence-electron chi connectivity index (χ1n) is 5.90. The van der Waals surface area contributed by atoms with Crippen molar-refractivity contribution in [3.63, 3.8) is 0 Å². The number of hydrogen-bond acceptors (Lipinski definition) is 3. The fraction of sp³-hybridized carbons (Fsp3) is 0.750. The molecule has 0 radical (unpaired) electrons. The maximum absolute atomic E-state index is 4.40. The van der Waals surface area contributed by atoms with Crippen LogP contribution in [-0.4, -0.2) is 41.9 Å². The van der Waals surface area contributed by atoms with Gasteiger partial charge in [0.2, 0.25) is 0 Å². The summed E-state index contributed by atoms with van der Waals surface area (Å²) in [5.41, 5.74) is 2.57. The Morgan fingerprint density at radius 1 is 1.33 bits per heavy atom. The average molecular weight is 297 g/mol. The van der Waals surface area contributed by atoms with E-state index < -0.39 is 0 Å². The Balaban J connectivity index is 0. The van der Waals surface area contributed by atoms with E-state index in [9.17, 15) is 0 Å². The van der Waals surface area contributed by atoms with Gasteiger partial charge in [-0.25, -0.2) is 0 Å². The van der Waals surface area contributed by atoms with Crippen LogP contribution in [0.5, 0.6) is 0 Å². The van der Waals surface area contributed by atoms with Gasteiger partial charge in [-0.05, 0) is 34.9 Å². The second-order valence-electron chi connectivity index (χ2n) is 4.77. The smallest absolute Gasteiger partial charge is 0.0537 e. The molecule has 0 bridgehead atoms. The number of nitrogens with zero attached hydrogens (tertiary/aromatic N) is 3. The predicted octanol–water partition coefficient (Wildman–Crippen LogP) is 2.27. The lowest BCUT2D eigenvalue weighted by molar-refractivity contribution is 0.399. The maximum atomic E-state index is 4.40. The molecule has 0 saturated carbocycles.